The van der Waals surface area contributed by atoms with E-state index in [0.29, 0.717) is 16.8 Å². The molecular formula is C53H73N15O9. The van der Waals surface area contributed by atoms with Gasteiger partial charge in [-0.3, -0.25) is 53.1 Å². The largest absolute Gasteiger partial charge is 0.370 e. The van der Waals surface area contributed by atoms with Crippen molar-refractivity contribution in [2.24, 2.45) is 50.5 Å². The van der Waals surface area contributed by atoms with Crippen LogP contribution in [0.15, 0.2) is 83.3 Å². The summed E-state index contributed by atoms with van der Waals surface area (Å²) < 4.78 is 0. The summed E-state index contributed by atoms with van der Waals surface area (Å²) in [6.07, 6.45) is 4.53. The highest BCUT2D eigenvalue weighted by Gasteiger charge is 2.35. The number of benzene rings is 2. The Labute approximate surface area is 446 Å². The summed E-state index contributed by atoms with van der Waals surface area (Å²) in [6.45, 7) is 1.50. The van der Waals surface area contributed by atoms with Crippen LogP contribution in [0.25, 0.3) is 10.9 Å². The molecule has 0 saturated carbocycles. The second kappa shape index (κ2) is 30.2. The SMILES string of the molecule is CC(=O)N[C@H](CCCN=C(N)N)C(=O)N[C@H]1CCCCC(=O)CC[C@@H](C(N)=O)NC(=O)[C@H](Cc2c[nH]c3ccccc23)CC(=O)[C@H](CCCN=C(N)N)CC(=O)[C@@H](Cc2ccccc2)NC(=O)[C@H](Cc2cnc[nH]2)NC1=O. The third-order valence-corrected chi connectivity index (χ3v) is 13.3. The van der Waals surface area contributed by atoms with Gasteiger partial charge in [0.1, 0.15) is 35.7 Å². The second-order valence-electron chi connectivity index (χ2n) is 19.4. The van der Waals surface area contributed by atoms with E-state index in [1.165, 1.54) is 19.4 Å². The maximum atomic E-state index is 14.9. The van der Waals surface area contributed by atoms with Gasteiger partial charge in [0, 0.05) is 92.9 Å². The number of nitrogens with zero attached hydrogens (tertiary/aromatic N) is 3. The highest BCUT2D eigenvalue weighted by molar-refractivity contribution is 5.98. The topological polar surface area (TPSA) is 413 Å². The number of amides is 6. The number of hydrogen-bond acceptors (Lipinski definition) is 12. The van der Waals surface area contributed by atoms with Crippen LogP contribution in [-0.4, -0.2) is 123 Å². The monoisotopic (exact) mass is 1060 g/mol. The van der Waals surface area contributed by atoms with Crippen molar-refractivity contribution in [2.75, 3.05) is 13.1 Å². The molecule has 5 rings (SSSR count). The maximum absolute atomic E-state index is 14.9. The number of imidazole rings is 1. The Balaban J connectivity index is 1.54. The fourth-order valence-corrected chi connectivity index (χ4v) is 9.24. The van der Waals surface area contributed by atoms with Crippen molar-refractivity contribution >= 4 is 75.6 Å². The van der Waals surface area contributed by atoms with Crippen molar-refractivity contribution in [3.63, 3.8) is 0 Å². The molecule has 1 fully saturated rings. The van der Waals surface area contributed by atoms with E-state index in [2.05, 4.69) is 51.5 Å². The number of nitrogens with two attached hydrogens (primary N) is 5. The summed E-state index contributed by atoms with van der Waals surface area (Å²) in [7, 11) is 0. The molecule has 2 aromatic carbocycles. The average Bonchev–Trinajstić information content (AvgIpc) is 4.07. The van der Waals surface area contributed by atoms with Gasteiger partial charge < -0.3 is 65.2 Å². The summed E-state index contributed by atoms with van der Waals surface area (Å²) >= 11 is 0. The number of hydrogen-bond donors (Lipinski definition) is 12. The first kappa shape index (κ1) is 59.4. The number of rotatable bonds is 18. The Bertz CT molecular complexity index is 2720. The molecule has 24 heteroatoms. The number of guanidine groups is 2. The summed E-state index contributed by atoms with van der Waals surface area (Å²) in [4.78, 5) is 144. The molecule has 0 aliphatic carbocycles. The van der Waals surface area contributed by atoms with Crippen molar-refractivity contribution in [1.29, 1.82) is 0 Å². The summed E-state index contributed by atoms with van der Waals surface area (Å²) in [6, 6.07) is 9.93. The molecule has 7 atom stereocenters. The van der Waals surface area contributed by atoms with Crippen LogP contribution in [-0.2, 0) is 62.4 Å². The van der Waals surface area contributed by atoms with Crippen LogP contribution in [0, 0.1) is 11.8 Å². The number of carbonyl (C=O) groups excluding carboxylic acids is 9. The average molecular weight is 1060 g/mol. The minimum atomic E-state index is -1.37. The van der Waals surface area contributed by atoms with Crippen LogP contribution < -0.4 is 55.3 Å². The number of fused-ring (bicyclic) bond motifs is 1. The predicted molar refractivity (Wildman–Crippen MR) is 288 cm³/mol. The molecule has 1 saturated heterocycles. The van der Waals surface area contributed by atoms with E-state index in [0.717, 1.165) is 10.9 Å². The molecule has 0 spiro atoms. The third kappa shape index (κ3) is 20.0. The summed E-state index contributed by atoms with van der Waals surface area (Å²) in [5.74, 6) is -8.05. The molecule has 0 unspecified atom stereocenters. The van der Waals surface area contributed by atoms with Crippen LogP contribution in [0.1, 0.15) is 101 Å². The standard InChI is InChI=1S/C53H73N15O9/c1-31(69)64-41(18-10-22-61-53(57)58)49(75)66-42-17-7-5-14-37(70)19-20-40(47(54)73)65-48(74)34(24-35-28-62-39-16-8-6-15-38(35)39)26-45(71)33(13-9-21-60-52(55)56)25-46(72)43(23-32-11-3-2-4-12-32)67-51(77)44(68-50(42)76)27-36-29-59-30-63-36/h2-4,6,8,11-12,15-16,28-30,33-34,40-44,62H,5,7,9-10,13-14,17-27H2,1H3,(H2,54,73)(H,59,63)(H,64,69)(H,65,74)(H,66,75)(H,67,77)(H,68,76)(H4,55,56,60)(H4,57,58,61)/t33-,34-,40+,41-,42+,43-,44+/m1/s1. The van der Waals surface area contributed by atoms with E-state index in [-0.39, 0.29) is 127 Å². The Hall–Kier alpha value is -8.44. The van der Waals surface area contributed by atoms with Crippen LogP contribution >= 0.6 is 0 Å². The van der Waals surface area contributed by atoms with Crippen LogP contribution in [0.5, 0.6) is 0 Å². The van der Waals surface area contributed by atoms with Gasteiger partial charge in [-0.2, -0.15) is 0 Å². The van der Waals surface area contributed by atoms with E-state index < -0.39 is 89.1 Å². The number of nitrogens with one attached hydrogen (secondary N) is 7. The van der Waals surface area contributed by atoms with Gasteiger partial charge in [-0.15, -0.1) is 0 Å². The van der Waals surface area contributed by atoms with Gasteiger partial charge in [-0.05, 0) is 75.0 Å². The van der Waals surface area contributed by atoms with Gasteiger partial charge >= 0.3 is 0 Å². The zero-order valence-electron chi connectivity index (χ0n) is 43.4. The van der Waals surface area contributed by atoms with Gasteiger partial charge in [-0.25, -0.2) is 4.98 Å². The van der Waals surface area contributed by atoms with Crippen molar-refractivity contribution in [3.8, 4) is 0 Å². The number of ketones is 3. The first-order valence-corrected chi connectivity index (χ1v) is 25.9. The van der Waals surface area contributed by atoms with E-state index in [4.69, 9.17) is 28.7 Å². The minimum absolute atomic E-state index is 0.00896. The molecule has 1 aliphatic rings. The van der Waals surface area contributed by atoms with E-state index in [1.807, 2.05) is 24.3 Å². The van der Waals surface area contributed by atoms with Crippen molar-refractivity contribution < 1.29 is 43.2 Å². The normalized spacial score (nSPS) is 21.2. The van der Waals surface area contributed by atoms with Crippen LogP contribution in [0.2, 0.25) is 0 Å². The second-order valence-corrected chi connectivity index (χ2v) is 19.4. The number of aliphatic imine (C=N–C) groups is 2. The van der Waals surface area contributed by atoms with E-state index in [1.54, 1.807) is 36.5 Å². The Morgan fingerprint density at radius 1 is 0.714 bits per heavy atom. The number of para-hydroxylation sites is 1. The van der Waals surface area contributed by atoms with Gasteiger partial charge in [0.25, 0.3) is 0 Å². The number of Topliss-reactive ketones (excluding diaryl/α,β-unsaturated/α-hetero) is 3. The maximum Gasteiger partial charge on any atom is 0.243 e. The quantitative estimate of drug-likeness (QED) is 0.0356. The fraction of sp³-hybridized carbons (Fsp3) is 0.472. The molecule has 414 valence electrons. The van der Waals surface area contributed by atoms with E-state index >= 15 is 0 Å². The highest BCUT2D eigenvalue weighted by atomic mass is 16.2. The molecule has 6 amide bonds. The number of H-pyrrole nitrogens is 2. The third-order valence-electron chi connectivity index (χ3n) is 13.3. The number of carbonyl (C=O) groups is 9. The van der Waals surface area contributed by atoms with E-state index in [9.17, 15) is 43.2 Å². The lowest BCUT2D eigenvalue weighted by molar-refractivity contribution is -0.135. The molecule has 4 aromatic rings. The lowest BCUT2D eigenvalue weighted by Gasteiger charge is -2.27. The minimum Gasteiger partial charge on any atom is -0.370 e. The number of aromatic amines is 2. The van der Waals surface area contributed by atoms with Gasteiger partial charge in [0.2, 0.25) is 35.4 Å². The Morgan fingerprint density at radius 2 is 1.40 bits per heavy atom. The zero-order valence-corrected chi connectivity index (χ0v) is 43.4. The predicted octanol–water partition coefficient (Wildman–Crippen LogP) is 0.0294. The zero-order chi connectivity index (χ0) is 55.9. The number of primary amides is 1. The molecule has 0 bridgehead atoms. The number of aromatic nitrogens is 3. The molecule has 1 aliphatic heterocycles. The fourth-order valence-electron chi connectivity index (χ4n) is 9.24. The molecule has 24 nitrogen and oxygen atoms in total. The molecule has 77 heavy (non-hydrogen) atoms. The van der Waals surface area contributed by atoms with Gasteiger partial charge in [-0.1, -0.05) is 55.0 Å². The van der Waals surface area contributed by atoms with Crippen molar-refractivity contribution in [1.82, 2.24) is 41.5 Å². The molecular weight excluding hydrogens is 991 g/mol. The van der Waals surface area contributed by atoms with Crippen molar-refractivity contribution in [2.45, 2.75) is 133 Å². The molecule has 3 heterocycles. The lowest BCUT2D eigenvalue weighted by atomic mass is 9.83. The Kier molecular flexibility index (Phi) is 23.3. The van der Waals surface area contributed by atoms with Crippen LogP contribution in [0.4, 0.5) is 0 Å². The summed E-state index contributed by atoms with van der Waals surface area (Å²) in [5.41, 5.74) is 30.6. The summed E-state index contributed by atoms with van der Waals surface area (Å²) in [5, 5.41) is 14.5. The Morgan fingerprint density at radius 3 is 2.09 bits per heavy atom. The van der Waals surface area contributed by atoms with Crippen LogP contribution in [0.3, 0.4) is 0 Å². The smallest absolute Gasteiger partial charge is 0.243 e. The lowest BCUT2D eigenvalue weighted by Crippen LogP contribution is -2.58. The van der Waals surface area contributed by atoms with Crippen molar-refractivity contribution in [3.05, 3.63) is 90.1 Å². The molecule has 0 radical (unpaired) electrons. The van der Waals surface area contributed by atoms with Gasteiger partial charge in [0.15, 0.2) is 17.7 Å². The molecule has 2 aromatic heterocycles. The first-order chi connectivity index (χ1) is 36.9. The van der Waals surface area contributed by atoms with Gasteiger partial charge in [0.05, 0.1) is 12.4 Å². The highest BCUT2D eigenvalue weighted by Crippen LogP contribution is 2.26. The molecule has 17 N–H and O–H groups in total. The first-order valence-electron chi connectivity index (χ1n) is 25.9.